The molecule has 5 fully saturated rings. The van der Waals surface area contributed by atoms with Gasteiger partial charge in [-0.05, 0) is 103 Å². The molecule has 1 saturated heterocycles. The predicted molar refractivity (Wildman–Crippen MR) is 137 cm³/mol. The molecule has 9 rings (SSSR count). The molecule has 2 aliphatic heterocycles. The van der Waals surface area contributed by atoms with Crippen LogP contribution in [0, 0.1) is 23.2 Å². The first-order chi connectivity index (χ1) is 17.2. The maximum absolute atomic E-state index is 13.5. The van der Waals surface area contributed by atoms with E-state index in [1.54, 1.807) is 5.57 Å². The summed E-state index contributed by atoms with van der Waals surface area (Å²) >= 11 is 0. The van der Waals surface area contributed by atoms with Crippen molar-refractivity contribution >= 4 is 6.09 Å². The summed E-state index contributed by atoms with van der Waals surface area (Å²) in [6.45, 7) is 0.425. The van der Waals surface area contributed by atoms with Gasteiger partial charge in [0.25, 0.3) is 0 Å². The van der Waals surface area contributed by atoms with E-state index in [1.807, 2.05) is 0 Å². The van der Waals surface area contributed by atoms with Gasteiger partial charge in [0, 0.05) is 12.0 Å². The van der Waals surface area contributed by atoms with Crippen LogP contribution in [0.4, 0.5) is 4.79 Å². The summed E-state index contributed by atoms with van der Waals surface area (Å²) < 4.78 is 6.10. The van der Waals surface area contributed by atoms with Crippen molar-refractivity contribution in [1.29, 1.82) is 0 Å². The highest BCUT2D eigenvalue weighted by Crippen LogP contribution is 2.64. The topological polar surface area (TPSA) is 29.5 Å². The average Bonchev–Trinajstić information content (AvgIpc) is 3.32. The third kappa shape index (κ3) is 3.06. The molecule has 0 radical (unpaired) electrons. The number of ether oxygens (including phenoxy) is 1. The van der Waals surface area contributed by atoms with Crippen molar-refractivity contribution in [2.75, 3.05) is 6.61 Å². The summed E-state index contributed by atoms with van der Waals surface area (Å²) in [4.78, 5) is 15.6. The van der Waals surface area contributed by atoms with Crippen molar-refractivity contribution in [3.05, 3.63) is 71.3 Å². The first-order valence-corrected chi connectivity index (χ1v) is 14.0. The molecule has 2 heterocycles. The molecule has 2 aromatic rings. The molecule has 5 aliphatic carbocycles. The van der Waals surface area contributed by atoms with Crippen molar-refractivity contribution in [3.8, 4) is 11.1 Å². The first kappa shape index (κ1) is 20.6. The second kappa shape index (κ2) is 7.48. The van der Waals surface area contributed by atoms with E-state index < -0.39 is 0 Å². The third-order valence-corrected chi connectivity index (χ3v) is 10.7. The molecule has 2 atom stereocenters. The largest absolute Gasteiger partial charge is 0.448 e. The van der Waals surface area contributed by atoms with Crippen LogP contribution in [-0.2, 0) is 4.74 Å². The van der Waals surface area contributed by atoms with Gasteiger partial charge in [-0.25, -0.2) is 4.79 Å². The van der Waals surface area contributed by atoms with Crippen LogP contribution in [0.1, 0.15) is 74.8 Å². The lowest BCUT2D eigenvalue weighted by molar-refractivity contribution is -0.0352. The van der Waals surface area contributed by atoms with Gasteiger partial charge in [-0.2, -0.15) is 0 Å². The van der Waals surface area contributed by atoms with Crippen LogP contribution in [0.3, 0.4) is 0 Å². The second-order valence-electron chi connectivity index (χ2n) is 12.6. The van der Waals surface area contributed by atoms with Crippen LogP contribution in [0.25, 0.3) is 11.1 Å². The number of rotatable bonds is 3. The van der Waals surface area contributed by atoms with Crippen LogP contribution in [0.2, 0.25) is 0 Å². The van der Waals surface area contributed by atoms with Crippen LogP contribution in [0.5, 0.6) is 0 Å². The lowest BCUT2D eigenvalue weighted by atomic mass is 9.47. The molecule has 4 saturated carbocycles. The van der Waals surface area contributed by atoms with Gasteiger partial charge < -0.3 is 4.74 Å². The molecule has 0 spiro atoms. The molecule has 3 nitrogen and oxygen atoms in total. The maximum atomic E-state index is 13.5. The Morgan fingerprint density at radius 3 is 2.06 bits per heavy atom. The monoisotopic (exact) mass is 465 g/mol. The number of nitrogens with zero attached hydrogens (tertiary/aromatic N) is 1. The van der Waals surface area contributed by atoms with Crippen LogP contribution < -0.4 is 0 Å². The summed E-state index contributed by atoms with van der Waals surface area (Å²) in [6.07, 6.45) is 14.5. The molecule has 180 valence electrons. The highest BCUT2D eigenvalue weighted by Gasteiger charge is 2.54. The quantitative estimate of drug-likeness (QED) is 0.445. The zero-order chi connectivity index (χ0) is 23.1. The number of benzene rings is 2. The molecule has 0 aromatic heterocycles. The molecule has 7 aliphatic rings. The minimum Gasteiger partial charge on any atom is -0.448 e. The lowest BCUT2D eigenvalue weighted by Crippen LogP contribution is -2.50. The van der Waals surface area contributed by atoms with Crippen LogP contribution in [-0.4, -0.2) is 29.7 Å². The fraction of sp³-hybridized carbons (Fsp3) is 0.531. The van der Waals surface area contributed by atoms with E-state index in [-0.39, 0.29) is 18.1 Å². The van der Waals surface area contributed by atoms with E-state index in [0.29, 0.717) is 18.1 Å². The number of fused-ring (bicyclic) bond motifs is 5. The molecule has 35 heavy (non-hydrogen) atoms. The van der Waals surface area contributed by atoms with E-state index in [4.69, 9.17) is 4.74 Å². The van der Waals surface area contributed by atoms with Crippen LogP contribution in [0.15, 0.2) is 60.2 Å². The van der Waals surface area contributed by atoms with E-state index in [2.05, 4.69) is 59.5 Å². The van der Waals surface area contributed by atoms with Gasteiger partial charge >= 0.3 is 6.09 Å². The van der Waals surface area contributed by atoms with Gasteiger partial charge in [0.05, 0.1) is 6.04 Å². The average molecular weight is 466 g/mol. The fourth-order valence-corrected chi connectivity index (χ4v) is 9.68. The van der Waals surface area contributed by atoms with Crippen molar-refractivity contribution in [3.63, 3.8) is 0 Å². The summed E-state index contributed by atoms with van der Waals surface area (Å²) in [7, 11) is 0. The zero-order valence-corrected chi connectivity index (χ0v) is 20.5. The Balaban J connectivity index is 1.01. The van der Waals surface area contributed by atoms with E-state index in [1.165, 1.54) is 60.8 Å². The second-order valence-corrected chi connectivity index (χ2v) is 12.6. The predicted octanol–water partition coefficient (Wildman–Crippen LogP) is 7.32. The van der Waals surface area contributed by atoms with E-state index >= 15 is 0 Å². The Kier molecular flexibility index (Phi) is 4.41. The molecule has 2 unspecified atom stereocenters. The fourth-order valence-electron chi connectivity index (χ4n) is 9.68. The minimum atomic E-state index is -0.0971. The van der Waals surface area contributed by atoms with Gasteiger partial charge in [0.15, 0.2) is 0 Å². The van der Waals surface area contributed by atoms with Crippen molar-refractivity contribution < 1.29 is 9.53 Å². The van der Waals surface area contributed by atoms with Gasteiger partial charge in [-0.3, -0.25) is 4.90 Å². The molecule has 3 heteroatoms. The van der Waals surface area contributed by atoms with Crippen molar-refractivity contribution in [1.82, 2.24) is 4.90 Å². The summed E-state index contributed by atoms with van der Waals surface area (Å²) in [6, 6.07) is 17.7. The van der Waals surface area contributed by atoms with Gasteiger partial charge in [-0.15, -0.1) is 0 Å². The highest BCUT2D eigenvalue weighted by molar-refractivity contribution is 5.79. The van der Waals surface area contributed by atoms with Gasteiger partial charge in [0.1, 0.15) is 6.61 Å². The summed E-state index contributed by atoms with van der Waals surface area (Å²) in [5, 5.41) is 0. The standard InChI is InChI=1S/C32H35NO2/c34-31(35-19-30-28-7-3-1-5-26(28)27-6-2-4-8-29(27)30)33-24-9-10-25(33)15-23(14-24)32-16-20-11-21(17-32)13-22(12-20)18-32/h1-8,14,20-22,24-25,30H,9-13,15-19H2. The zero-order valence-electron chi connectivity index (χ0n) is 20.5. The Morgan fingerprint density at radius 1 is 0.857 bits per heavy atom. The highest BCUT2D eigenvalue weighted by atomic mass is 16.6. The summed E-state index contributed by atoms with van der Waals surface area (Å²) in [5.41, 5.74) is 7.34. The van der Waals surface area contributed by atoms with Gasteiger partial charge in [0.2, 0.25) is 0 Å². The number of carbonyl (C=O) groups is 1. The Bertz CT molecular complexity index is 1150. The normalized spacial score (nSPS) is 36.2. The number of hydrogen-bond acceptors (Lipinski definition) is 2. The van der Waals surface area contributed by atoms with E-state index in [0.717, 1.165) is 37.0 Å². The van der Waals surface area contributed by atoms with Crippen molar-refractivity contribution in [2.24, 2.45) is 23.2 Å². The minimum absolute atomic E-state index is 0.0971. The Morgan fingerprint density at radius 2 is 1.46 bits per heavy atom. The maximum Gasteiger partial charge on any atom is 0.410 e. The lowest BCUT2D eigenvalue weighted by Gasteiger charge is -2.58. The van der Waals surface area contributed by atoms with Gasteiger partial charge in [-0.1, -0.05) is 60.2 Å². The van der Waals surface area contributed by atoms with E-state index in [9.17, 15) is 4.79 Å². The molecular formula is C32H35NO2. The first-order valence-electron chi connectivity index (χ1n) is 14.0. The Hall–Kier alpha value is -2.55. The molecule has 1 amide bonds. The molecular weight excluding hydrogens is 430 g/mol. The number of amides is 1. The molecule has 6 bridgehead atoms. The van der Waals surface area contributed by atoms with Crippen molar-refractivity contribution in [2.45, 2.75) is 75.8 Å². The smallest absolute Gasteiger partial charge is 0.410 e. The Labute approximate surface area is 208 Å². The molecule has 2 aromatic carbocycles. The number of carbonyl (C=O) groups excluding carboxylic acids is 1. The third-order valence-electron chi connectivity index (χ3n) is 10.7. The SMILES string of the molecule is O=C(OCC1c2ccccc2-c2ccccc21)N1C2C=C(C34CC5CC(CC(C5)C3)C4)CC1CC2. The number of hydrogen-bond donors (Lipinski definition) is 0. The molecule has 0 N–H and O–H groups in total. The van der Waals surface area contributed by atoms with Crippen LogP contribution >= 0.6 is 0 Å². The summed E-state index contributed by atoms with van der Waals surface area (Å²) in [5.74, 6) is 3.05.